The van der Waals surface area contributed by atoms with Gasteiger partial charge in [-0.2, -0.15) is 0 Å². The fourth-order valence-electron chi connectivity index (χ4n) is 5.02. The number of pyridine rings is 3. The Bertz CT molecular complexity index is 1450. The Labute approximate surface area is 292 Å². The van der Waals surface area contributed by atoms with Gasteiger partial charge in [0.1, 0.15) is 19.6 Å². The van der Waals surface area contributed by atoms with E-state index in [1.165, 1.54) is 33.4 Å². The Morgan fingerprint density at radius 1 is 0.690 bits per heavy atom. The second-order valence-corrected chi connectivity index (χ2v) is 9.94. The Balaban J connectivity index is 0.00000220. The van der Waals surface area contributed by atoms with E-state index in [-0.39, 0.29) is 67.9 Å². The van der Waals surface area contributed by atoms with Crippen LogP contribution in [0, 0.1) is 0 Å². The Morgan fingerprint density at radius 3 is 1.79 bits per heavy atom. The van der Waals surface area contributed by atoms with Crippen molar-refractivity contribution in [3.05, 3.63) is 158 Å². The number of aromatic nitrogens is 3. The third-order valence-corrected chi connectivity index (χ3v) is 7.13. The zero-order valence-corrected chi connectivity index (χ0v) is 29.8. The topological polar surface area (TPSA) is 21.9 Å². The van der Waals surface area contributed by atoms with Crippen LogP contribution in [0.5, 0.6) is 0 Å². The maximum atomic E-state index is 4.03. The lowest BCUT2D eigenvalue weighted by Gasteiger charge is -2.35. The quantitative estimate of drug-likeness (QED) is 0.0865. The second-order valence-electron chi connectivity index (χ2n) is 9.94. The van der Waals surface area contributed by atoms with E-state index in [0.717, 1.165) is 37.2 Å². The molecular formula is C34H36Br4N4. The highest BCUT2D eigenvalue weighted by atomic mass is 79.9. The standard InChI is InChI=1S/C34H35N4.4BrH/c1-3-19-36-20-11-32(12-21-36)33-13-22-37(23-14-33)27-29-5-7-30(8-6-29)28-38(24-4-2)25-15-34(16-26-38)31-9-17-35-18-10-31;;;;/h3-18,20-23,25H,1-2,19,24,26-28H2;4*1H/q+3;;;;/p-3. The minimum atomic E-state index is 0. The molecule has 4 aromatic rings. The predicted octanol–water partition coefficient (Wildman–Crippen LogP) is -6.89. The maximum Gasteiger partial charge on any atom is 0.173 e. The third-order valence-electron chi connectivity index (χ3n) is 7.13. The SMILES string of the molecule is C=CC[n+]1ccc(-c2cc[n+](Cc3ccc(C[N+]4(CC=C)C=CC(c5cc[nH+]cc5)=CC4)cc3)cc2)cc1.[Br-].[Br-].[Br-].[Br-]. The first-order valence-corrected chi connectivity index (χ1v) is 13.2. The third kappa shape index (κ3) is 9.78. The van der Waals surface area contributed by atoms with Crippen molar-refractivity contribution in [3.8, 4) is 11.1 Å². The van der Waals surface area contributed by atoms with Crippen LogP contribution < -0.4 is 82.0 Å². The van der Waals surface area contributed by atoms with Crippen LogP contribution in [0.2, 0.25) is 0 Å². The Morgan fingerprint density at radius 2 is 1.26 bits per heavy atom. The normalized spacial score (nSPS) is 15.0. The second kappa shape index (κ2) is 18.2. The van der Waals surface area contributed by atoms with Crippen LogP contribution in [0.25, 0.3) is 16.7 Å². The molecule has 1 aliphatic heterocycles. The van der Waals surface area contributed by atoms with Crippen LogP contribution in [0.1, 0.15) is 16.7 Å². The molecule has 220 valence electrons. The molecule has 0 aliphatic carbocycles. The average Bonchev–Trinajstić information content (AvgIpc) is 2.96. The van der Waals surface area contributed by atoms with Gasteiger partial charge in [0.05, 0.1) is 6.20 Å². The molecule has 4 nitrogen and oxygen atoms in total. The van der Waals surface area contributed by atoms with Gasteiger partial charge in [-0.1, -0.05) is 37.4 Å². The number of rotatable bonds is 10. The van der Waals surface area contributed by atoms with E-state index in [1.807, 2.05) is 24.5 Å². The summed E-state index contributed by atoms with van der Waals surface area (Å²) in [5, 5.41) is 0. The molecule has 0 fully saturated rings. The summed E-state index contributed by atoms with van der Waals surface area (Å²) >= 11 is 0. The molecule has 5 rings (SSSR count). The fraction of sp³-hybridized carbons (Fsp3) is 0.147. The number of hydrogen-bond acceptors (Lipinski definition) is 0. The van der Waals surface area contributed by atoms with Crippen LogP contribution in [0.15, 0.2) is 142 Å². The summed E-state index contributed by atoms with van der Waals surface area (Å²) in [6, 6.07) is 22.0. The van der Waals surface area contributed by atoms with Crippen LogP contribution in [0.4, 0.5) is 0 Å². The fourth-order valence-corrected chi connectivity index (χ4v) is 5.02. The number of aromatic amines is 1. The Kier molecular flexibility index (Phi) is 16.3. The molecule has 42 heavy (non-hydrogen) atoms. The van der Waals surface area contributed by atoms with Crippen LogP contribution >= 0.6 is 0 Å². The summed E-state index contributed by atoms with van der Waals surface area (Å²) in [6.07, 6.45) is 23.3. The van der Waals surface area contributed by atoms with E-state index < -0.39 is 0 Å². The first-order valence-electron chi connectivity index (χ1n) is 13.2. The molecule has 0 spiro atoms. The molecule has 0 amide bonds. The molecule has 1 N–H and O–H groups in total. The van der Waals surface area contributed by atoms with E-state index in [4.69, 9.17) is 0 Å². The van der Waals surface area contributed by atoms with Crippen LogP contribution in [0.3, 0.4) is 0 Å². The molecule has 1 aliphatic rings. The molecular weight excluding hydrogens is 784 g/mol. The number of halogens is 4. The molecule has 0 radical (unpaired) electrons. The number of hydrogen-bond donors (Lipinski definition) is 0. The smallest absolute Gasteiger partial charge is 0.173 e. The van der Waals surface area contributed by atoms with Crippen molar-refractivity contribution in [1.82, 2.24) is 0 Å². The zero-order chi connectivity index (χ0) is 26.2. The average molecular weight is 820 g/mol. The molecule has 8 heteroatoms. The summed E-state index contributed by atoms with van der Waals surface area (Å²) in [4.78, 5) is 3.10. The van der Waals surface area contributed by atoms with E-state index >= 15 is 0 Å². The number of allylic oxidation sites excluding steroid dienone is 3. The van der Waals surface area contributed by atoms with Crippen molar-refractivity contribution >= 4 is 5.57 Å². The van der Waals surface area contributed by atoms with Gasteiger partial charge in [-0.05, 0) is 46.6 Å². The van der Waals surface area contributed by atoms with Crippen molar-refractivity contribution in [2.45, 2.75) is 19.6 Å². The van der Waals surface area contributed by atoms with Crippen molar-refractivity contribution in [2.24, 2.45) is 0 Å². The van der Waals surface area contributed by atoms with Gasteiger partial charge in [0.25, 0.3) is 0 Å². The van der Waals surface area contributed by atoms with Gasteiger partial charge in [0, 0.05) is 47.5 Å². The van der Waals surface area contributed by atoms with Gasteiger partial charge < -0.3 is 67.9 Å². The minimum Gasteiger partial charge on any atom is -1.00 e. The molecule has 1 atom stereocenters. The van der Waals surface area contributed by atoms with Gasteiger partial charge in [-0.3, -0.25) is 4.48 Å². The molecule has 1 unspecified atom stereocenters. The lowest BCUT2D eigenvalue weighted by Crippen LogP contribution is -3.00. The van der Waals surface area contributed by atoms with E-state index in [0.29, 0.717) is 0 Å². The molecule has 1 aromatic carbocycles. The van der Waals surface area contributed by atoms with Gasteiger partial charge in [-0.25, -0.2) is 14.1 Å². The van der Waals surface area contributed by atoms with Gasteiger partial charge in [0.2, 0.25) is 0 Å². The number of quaternary nitrogens is 1. The number of benzene rings is 1. The highest BCUT2D eigenvalue weighted by Gasteiger charge is 2.26. The zero-order valence-electron chi connectivity index (χ0n) is 23.4. The summed E-state index contributed by atoms with van der Waals surface area (Å²) in [5.74, 6) is 0. The van der Waals surface area contributed by atoms with E-state index in [2.05, 4.69) is 131 Å². The van der Waals surface area contributed by atoms with Gasteiger partial charge in [-0.15, -0.1) is 0 Å². The maximum absolute atomic E-state index is 4.03. The molecule has 4 heterocycles. The minimum absolute atomic E-state index is 0. The summed E-state index contributed by atoms with van der Waals surface area (Å²) in [6.45, 7) is 12.3. The summed E-state index contributed by atoms with van der Waals surface area (Å²) < 4.78 is 5.20. The summed E-state index contributed by atoms with van der Waals surface area (Å²) in [5.41, 5.74) is 7.59. The first-order chi connectivity index (χ1) is 18.7. The number of nitrogens with one attached hydrogen (secondary N) is 1. The first kappa shape index (κ1) is 37.5. The van der Waals surface area contributed by atoms with Crippen molar-refractivity contribution < 1.29 is 86.5 Å². The van der Waals surface area contributed by atoms with E-state index in [1.54, 1.807) is 0 Å². The largest absolute Gasteiger partial charge is 1.00 e. The lowest BCUT2D eigenvalue weighted by molar-refractivity contribution is -0.881. The number of nitrogens with zero attached hydrogens (tertiary/aromatic N) is 3. The van der Waals surface area contributed by atoms with Crippen molar-refractivity contribution in [2.75, 3.05) is 13.1 Å². The van der Waals surface area contributed by atoms with Crippen LogP contribution in [-0.2, 0) is 19.6 Å². The molecule has 0 saturated heterocycles. The highest BCUT2D eigenvalue weighted by molar-refractivity contribution is 5.73. The van der Waals surface area contributed by atoms with Gasteiger partial charge in [0.15, 0.2) is 50.3 Å². The molecule has 0 bridgehead atoms. The Hall–Kier alpha value is -2.49. The van der Waals surface area contributed by atoms with Crippen molar-refractivity contribution in [3.63, 3.8) is 0 Å². The lowest BCUT2D eigenvalue weighted by atomic mass is 10.0. The van der Waals surface area contributed by atoms with Crippen LogP contribution in [-0.4, -0.2) is 17.6 Å². The summed E-state index contributed by atoms with van der Waals surface area (Å²) in [7, 11) is 0. The predicted molar refractivity (Wildman–Crippen MR) is 152 cm³/mol. The highest BCUT2D eigenvalue weighted by Crippen LogP contribution is 2.26. The molecule has 0 saturated carbocycles. The van der Waals surface area contributed by atoms with Crippen molar-refractivity contribution in [1.29, 1.82) is 0 Å². The van der Waals surface area contributed by atoms with Gasteiger partial charge >= 0.3 is 0 Å². The monoisotopic (exact) mass is 816 g/mol. The number of H-pyrrole nitrogens is 1. The van der Waals surface area contributed by atoms with E-state index in [9.17, 15) is 0 Å². The molecule has 3 aromatic heterocycles.